The molecule has 2 nitrogen and oxygen atoms in total. The van der Waals surface area contributed by atoms with Gasteiger partial charge in [0.15, 0.2) is 11.6 Å². The molecule has 2 aliphatic carbocycles. The van der Waals surface area contributed by atoms with Crippen LogP contribution in [0.1, 0.15) is 71.4 Å². The monoisotopic (exact) mass is 518 g/mol. The maximum absolute atomic E-state index is 12.5. The molecule has 1 fully saturated rings. The number of carbonyl (C=O) groups is 2. The highest BCUT2D eigenvalue weighted by Crippen LogP contribution is 2.51. The predicted molar refractivity (Wildman–Crippen MR) is 128 cm³/mol. The molecule has 0 N–H and O–H groups in total. The first kappa shape index (κ1) is 22.4. The Kier molecular flexibility index (Phi) is 7.50. The summed E-state index contributed by atoms with van der Waals surface area (Å²) in [5.41, 5.74) is 6.93. The molecule has 4 heteroatoms. The molecule has 0 radical (unpaired) electrons. The van der Waals surface area contributed by atoms with Crippen molar-refractivity contribution >= 4 is 43.4 Å². The Morgan fingerprint density at radius 2 is 1.41 bits per heavy atom. The Labute approximate surface area is 190 Å². The van der Waals surface area contributed by atoms with E-state index >= 15 is 0 Å². The number of halogens is 2. The third-order valence-electron chi connectivity index (χ3n) is 6.26. The maximum atomic E-state index is 12.5. The van der Waals surface area contributed by atoms with Crippen molar-refractivity contribution in [3.05, 3.63) is 58.7 Å². The molecule has 2 aromatic carbocycles. The van der Waals surface area contributed by atoms with E-state index in [4.69, 9.17) is 0 Å². The second kappa shape index (κ2) is 9.70. The third-order valence-corrected chi connectivity index (χ3v) is 7.28. The van der Waals surface area contributed by atoms with Crippen LogP contribution in [0.2, 0.25) is 0 Å². The zero-order valence-electron chi connectivity index (χ0n) is 17.2. The van der Waals surface area contributed by atoms with Crippen LogP contribution in [0.4, 0.5) is 0 Å². The van der Waals surface area contributed by atoms with Gasteiger partial charge < -0.3 is 0 Å². The largest absolute Gasteiger partial charge is 0.293 e. The van der Waals surface area contributed by atoms with Gasteiger partial charge in [-0.05, 0) is 53.4 Å². The number of hydrogen-bond acceptors (Lipinski definition) is 2. The van der Waals surface area contributed by atoms with E-state index in [2.05, 4.69) is 37.9 Å². The van der Waals surface area contributed by atoms with Crippen LogP contribution in [-0.4, -0.2) is 22.2 Å². The fourth-order valence-electron chi connectivity index (χ4n) is 4.90. The number of alkyl halides is 2. The van der Waals surface area contributed by atoms with E-state index in [1.165, 1.54) is 42.4 Å². The Hall–Kier alpha value is -1.26. The molecule has 0 bridgehead atoms. The molecule has 29 heavy (non-hydrogen) atoms. The van der Waals surface area contributed by atoms with Crippen molar-refractivity contribution in [3.63, 3.8) is 0 Å². The molecule has 4 rings (SSSR count). The summed E-state index contributed by atoms with van der Waals surface area (Å²) in [5, 5.41) is 0.711. The molecular formula is C25H28Br2O2. The van der Waals surface area contributed by atoms with E-state index in [9.17, 15) is 9.59 Å². The van der Waals surface area contributed by atoms with Gasteiger partial charge in [0, 0.05) is 11.1 Å². The van der Waals surface area contributed by atoms with Crippen molar-refractivity contribution in [2.75, 3.05) is 10.7 Å². The quantitative estimate of drug-likeness (QED) is 0.309. The Balaban J connectivity index is 0.00000117. The molecule has 0 atom stereocenters. The van der Waals surface area contributed by atoms with Gasteiger partial charge in [-0.25, -0.2) is 0 Å². The van der Waals surface area contributed by atoms with Crippen LogP contribution in [0, 0.1) is 5.41 Å². The lowest BCUT2D eigenvalue weighted by Gasteiger charge is -2.21. The van der Waals surface area contributed by atoms with E-state index in [-0.39, 0.29) is 11.6 Å². The number of hydrogen-bond donors (Lipinski definition) is 0. The third kappa shape index (κ3) is 4.44. The van der Waals surface area contributed by atoms with Crippen LogP contribution in [0.25, 0.3) is 11.1 Å². The summed E-state index contributed by atoms with van der Waals surface area (Å²) in [7, 11) is 0. The zero-order valence-corrected chi connectivity index (χ0v) is 20.4. The summed E-state index contributed by atoms with van der Waals surface area (Å²) >= 11 is 6.57. The molecule has 0 amide bonds. The Morgan fingerprint density at radius 3 is 2.00 bits per heavy atom. The molecule has 1 saturated carbocycles. The summed E-state index contributed by atoms with van der Waals surface area (Å²) in [6, 6.07) is 12.0. The van der Waals surface area contributed by atoms with Crippen molar-refractivity contribution in [2.24, 2.45) is 5.41 Å². The highest BCUT2D eigenvalue weighted by Gasteiger charge is 2.41. The van der Waals surface area contributed by atoms with Crippen molar-refractivity contribution in [2.45, 2.75) is 52.4 Å². The molecule has 0 aliphatic heterocycles. The molecule has 0 aromatic heterocycles. The first-order chi connectivity index (χ1) is 14.1. The molecule has 0 saturated heterocycles. The van der Waals surface area contributed by atoms with Crippen molar-refractivity contribution < 1.29 is 9.59 Å². The van der Waals surface area contributed by atoms with E-state index in [1.807, 2.05) is 44.2 Å². The fourth-order valence-corrected chi connectivity index (χ4v) is 5.53. The van der Waals surface area contributed by atoms with Gasteiger partial charge in [0.1, 0.15) is 0 Å². The Bertz CT molecular complexity index is 894. The van der Waals surface area contributed by atoms with Gasteiger partial charge in [-0.1, -0.05) is 94.9 Å². The lowest BCUT2D eigenvalue weighted by atomic mass is 9.82. The van der Waals surface area contributed by atoms with Gasteiger partial charge in [0.05, 0.1) is 10.7 Å². The molecule has 2 aliphatic rings. The smallest absolute Gasteiger partial charge is 0.173 e. The summed E-state index contributed by atoms with van der Waals surface area (Å²) in [6.07, 6.45) is 7.24. The van der Waals surface area contributed by atoms with Gasteiger partial charge in [-0.15, -0.1) is 0 Å². The lowest BCUT2D eigenvalue weighted by Crippen LogP contribution is -2.16. The van der Waals surface area contributed by atoms with Crippen LogP contribution in [-0.2, 0) is 12.8 Å². The molecule has 2 aromatic rings. The highest BCUT2D eigenvalue weighted by atomic mass is 79.9. The van der Waals surface area contributed by atoms with E-state index in [0.29, 0.717) is 16.1 Å². The number of carbonyl (C=O) groups excluding carboxylic acids is 2. The lowest BCUT2D eigenvalue weighted by molar-refractivity contribution is 0.101. The van der Waals surface area contributed by atoms with E-state index < -0.39 is 0 Å². The van der Waals surface area contributed by atoms with Gasteiger partial charge in [0.2, 0.25) is 0 Å². The Morgan fingerprint density at radius 1 is 0.828 bits per heavy atom. The minimum absolute atomic E-state index is 0.0925. The van der Waals surface area contributed by atoms with Crippen LogP contribution >= 0.6 is 31.9 Å². The predicted octanol–water partition coefficient (Wildman–Crippen LogP) is 7.19. The first-order valence-corrected chi connectivity index (χ1v) is 12.7. The summed E-state index contributed by atoms with van der Waals surface area (Å²) < 4.78 is 0. The highest BCUT2D eigenvalue weighted by molar-refractivity contribution is 9.09. The molecule has 1 spiro atoms. The summed E-state index contributed by atoms with van der Waals surface area (Å²) in [4.78, 5) is 24.4. The van der Waals surface area contributed by atoms with Gasteiger partial charge in [0.25, 0.3) is 0 Å². The van der Waals surface area contributed by atoms with Crippen LogP contribution in [0.3, 0.4) is 0 Å². The number of rotatable bonds is 5. The number of benzene rings is 2. The fraction of sp³-hybridized carbons (Fsp3) is 0.440. The van der Waals surface area contributed by atoms with E-state index in [0.717, 1.165) is 29.5 Å². The molecular weight excluding hydrogens is 492 g/mol. The maximum Gasteiger partial charge on any atom is 0.173 e. The van der Waals surface area contributed by atoms with E-state index in [1.54, 1.807) is 0 Å². The summed E-state index contributed by atoms with van der Waals surface area (Å²) in [6.45, 7) is 4.00. The topological polar surface area (TPSA) is 34.1 Å². The number of Topliss-reactive ketones (excluding diaryl/α,β-unsaturated/α-hetero) is 2. The van der Waals surface area contributed by atoms with Crippen LogP contribution in [0.15, 0.2) is 36.4 Å². The average Bonchev–Trinajstić information content (AvgIpc) is 3.39. The van der Waals surface area contributed by atoms with Gasteiger partial charge in [-0.2, -0.15) is 0 Å². The second-order valence-corrected chi connectivity index (χ2v) is 8.99. The number of fused-ring (bicyclic) bond motifs is 1. The van der Waals surface area contributed by atoms with Crippen molar-refractivity contribution in [1.29, 1.82) is 0 Å². The van der Waals surface area contributed by atoms with Gasteiger partial charge >= 0.3 is 0 Å². The standard InChI is InChI=1S/C23H22Br2O2.C2H6/c24-13-21(26)16-5-3-15(4-6-16)17-7-8-18(22(27)14-25)20-12-23(11-19(17)20)9-1-2-10-23;1-2/h3-8H,1-2,9-14H2;1-2H3. The summed E-state index contributed by atoms with van der Waals surface area (Å²) in [5.74, 6) is 0.265. The minimum atomic E-state index is 0.0925. The van der Waals surface area contributed by atoms with Crippen molar-refractivity contribution in [1.82, 2.24) is 0 Å². The molecule has 0 heterocycles. The second-order valence-electron chi connectivity index (χ2n) is 7.87. The SMILES string of the molecule is CC.O=C(CBr)c1ccc(-c2ccc(C(=O)CBr)c3c2CC2(CCCC2)C3)cc1. The normalized spacial score (nSPS) is 16.3. The minimum Gasteiger partial charge on any atom is -0.293 e. The number of ketones is 2. The zero-order chi connectivity index (χ0) is 21.0. The van der Waals surface area contributed by atoms with Crippen LogP contribution in [0.5, 0.6) is 0 Å². The van der Waals surface area contributed by atoms with Crippen LogP contribution < -0.4 is 0 Å². The first-order valence-electron chi connectivity index (χ1n) is 10.5. The average molecular weight is 520 g/mol. The van der Waals surface area contributed by atoms with Gasteiger partial charge in [-0.3, -0.25) is 9.59 Å². The molecule has 0 unspecified atom stereocenters. The molecule has 154 valence electrons. The van der Waals surface area contributed by atoms with Crippen molar-refractivity contribution in [3.8, 4) is 11.1 Å².